The van der Waals surface area contributed by atoms with E-state index < -0.39 is 0 Å². The summed E-state index contributed by atoms with van der Waals surface area (Å²) in [5.41, 5.74) is 1.40. The van der Waals surface area contributed by atoms with Gasteiger partial charge in [-0.05, 0) is 38.2 Å². The van der Waals surface area contributed by atoms with Crippen molar-refractivity contribution in [3.63, 3.8) is 0 Å². The molecule has 3 heteroatoms. The average molecular weight is 254 g/mol. The smallest absolute Gasteiger partial charge is 0.255 e. The molecule has 0 aromatic heterocycles. The number of allylic oxidation sites excluding steroid dienone is 7. The van der Waals surface area contributed by atoms with Gasteiger partial charge >= 0.3 is 0 Å². The molecule has 0 saturated heterocycles. The van der Waals surface area contributed by atoms with Gasteiger partial charge in [0.15, 0.2) is 0 Å². The summed E-state index contributed by atoms with van der Waals surface area (Å²) in [5, 5.41) is 11.3. The van der Waals surface area contributed by atoms with Gasteiger partial charge in [0.1, 0.15) is 0 Å². The fourth-order valence-electron chi connectivity index (χ4n) is 1.18. The third kappa shape index (κ3) is 6.64. The molecule has 0 aromatic carbocycles. The fourth-order valence-corrected chi connectivity index (χ4v) is 1.18. The van der Waals surface area contributed by atoms with Gasteiger partial charge in [-0.3, -0.25) is 4.79 Å². The third-order valence-corrected chi connectivity index (χ3v) is 2.08. The van der Waals surface area contributed by atoms with Crippen molar-refractivity contribution in [1.29, 1.82) is 5.26 Å². The molecule has 3 nitrogen and oxygen atoms in total. The van der Waals surface area contributed by atoms with Crippen molar-refractivity contribution in [2.75, 3.05) is 0 Å². The molecule has 0 aliphatic carbocycles. The molecule has 0 bridgehead atoms. The number of carbonyl (C=O) groups is 1. The van der Waals surface area contributed by atoms with E-state index in [2.05, 4.69) is 18.5 Å². The summed E-state index contributed by atoms with van der Waals surface area (Å²) < 4.78 is 0. The highest BCUT2D eigenvalue weighted by atomic mass is 16.1. The Morgan fingerprint density at radius 3 is 2.42 bits per heavy atom. The van der Waals surface area contributed by atoms with Crippen LogP contribution in [0.3, 0.4) is 0 Å². The summed E-state index contributed by atoms with van der Waals surface area (Å²) in [7, 11) is 0. The maximum Gasteiger partial charge on any atom is 0.255 e. The number of nitrogens with zero attached hydrogens (tertiary/aromatic N) is 1. The molecular weight excluding hydrogens is 236 g/mol. The van der Waals surface area contributed by atoms with E-state index in [1.165, 1.54) is 6.08 Å². The van der Waals surface area contributed by atoms with Crippen LogP contribution in [0.2, 0.25) is 0 Å². The summed E-state index contributed by atoms with van der Waals surface area (Å²) in [4.78, 5) is 12.0. The molecule has 0 aliphatic heterocycles. The molecule has 0 rings (SSSR count). The van der Waals surface area contributed by atoms with Crippen LogP contribution in [0.1, 0.15) is 13.8 Å². The fraction of sp³-hybridized carbons (Fsp3) is 0.125. The second kappa shape index (κ2) is 9.43. The normalized spacial score (nSPS) is 12.5. The van der Waals surface area contributed by atoms with E-state index in [-0.39, 0.29) is 5.91 Å². The van der Waals surface area contributed by atoms with Gasteiger partial charge < -0.3 is 5.32 Å². The van der Waals surface area contributed by atoms with Crippen molar-refractivity contribution < 1.29 is 4.79 Å². The van der Waals surface area contributed by atoms with Crippen molar-refractivity contribution in [2.45, 2.75) is 13.8 Å². The van der Waals surface area contributed by atoms with Crippen molar-refractivity contribution in [3.8, 4) is 6.07 Å². The molecule has 0 fully saturated rings. The first-order valence-electron chi connectivity index (χ1n) is 5.79. The lowest BCUT2D eigenvalue weighted by atomic mass is 10.1. The van der Waals surface area contributed by atoms with E-state index in [9.17, 15) is 4.79 Å². The Morgan fingerprint density at radius 1 is 1.26 bits per heavy atom. The molecule has 98 valence electrons. The van der Waals surface area contributed by atoms with E-state index >= 15 is 0 Å². The second-order valence-corrected chi connectivity index (χ2v) is 3.53. The van der Waals surface area contributed by atoms with Gasteiger partial charge in [0.05, 0.1) is 6.07 Å². The van der Waals surface area contributed by atoms with Crippen LogP contribution in [-0.4, -0.2) is 5.91 Å². The number of hydrogen-bond acceptors (Lipinski definition) is 2. The van der Waals surface area contributed by atoms with Gasteiger partial charge in [0, 0.05) is 16.8 Å². The molecule has 0 aromatic rings. The van der Waals surface area contributed by atoms with Crippen LogP contribution >= 0.6 is 0 Å². The molecule has 0 aliphatic rings. The van der Waals surface area contributed by atoms with Gasteiger partial charge in [-0.25, -0.2) is 0 Å². The standard InChI is InChI=1S/C16H18N2O/c1-5-8-15(9-6-2)18-16(19)14(7-3)11-10-13(4)12-17/h5-11H,1,4H2,2-3H3,(H,18,19)/b9-6-,11-10-,14-7+,15-8+. The van der Waals surface area contributed by atoms with Crippen LogP contribution in [0.5, 0.6) is 0 Å². The van der Waals surface area contributed by atoms with Crippen LogP contribution in [0.4, 0.5) is 0 Å². The van der Waals surface area contributed by atoms with E-state index in [4.69, 9.17) is 5.26 Å². The first kappa shape index (κ1) is 16.4. The van der Waals surface area contributed by atoms with E-state index in [1.807, 2.05) is 19.1 Å². The Morgan fingerprint density at radius 2 is 1.95 bits per heavy atom. The van der Waals surface area contributed by atoms with Gasteiger partial charge in [0.2, 0.25) is 0 Å². The van der Waals surface area contributed by atoms with Crippen LogP contribution in [0.15, 0.2) is 72.5 Å². The van der Waals surface area contributed by atoms with Crippen molar-refractivity contribution in [3.05, 3.63) is 72.5 Å². The summed E-state index contributed by atoms with van der Waals surface area (Å²) in [6, 6.07) is 1.89. The maximum atomic E-state index is 12.0. The first-order valence-corrected chi connectivity index (χ1v) is 5.79. The maximum absolute atomic E-state index is 12.0. The van der Waals surface area contributed by atoms with Crippen molar-refractivity contribution in [2.24, 2.45) is 0 Å². The zero-order valence-corrected chi connectivity index (χ0v) is 11.3. The number of hydrogen-bond donors (Lipinski definition) is 1. The highest BCUT2D eigenvalue weighted by Gasteiger charge is 2.05. The highest BCUT2D eigenvalue weighted by Crippen LogP contribution is 2.03. The quantitative estimate of drug-likeness (QED) is 0.449. The summed E-state index contributed by atoms with van der Waals surface area (Å²) in [6.07, 6.45) is 11.6. The Kier molecular flexibility index (Phi) is 8.14. The molecule has 0 spiro atoms. The molecule has 0 radical (unpaired) electrons. The second-order valence-electron chi connectivity index (χ2n) is 3.53. The number of nitriles is 1. The number of amides is 1. The molecule has 19 heavy (non-hydrogen) atoms. The molecule has 0 heterocycles. The molecule has 1 amide bonds. The Labute approximate surface area is 114 Å². The lowest BCUT2D eigenvalue weighted by Crippen LogP contribution is -2.22. The van der Waals surface area contributed by atoms with E-state index in [0.29, 0.717) is 16.8 Å². The summed E-state index contributed by atoms with van der Waals surface area (Å²) in [5.74, 6) is -0.254. The lowest BCUT2D eigenvalue weighted by Gasteiger charge is -2.06. The topological polar surface area (TPSA) is 52.9 Å². The minimum Gasteiger partial charge on any atom is -0.322 e. The van der Waals surface area contributed by atoms with Crippen LogP contribution in [0.25, 0.3) is 0 Å². The largest absolute Gasteiger partial charge is 0.322 e. The molecular formula is C16H18N2O. The Balaban J connectivity index is 4.94. The monoisotopic (exact) mass is 254 g/mol. The van der Waals surface area contributed by atoms with Crippen LogP contribution in [0, 0.1) is 11.3 Å². The van der Waals surface area contributed by atoms with Gasteiger partial charge in [-0.15, -0.1) is 0 Å². The van der Waals surface area contributed by atoms with E-state index in [0.717, 1.165) is 0 Å². The highest BCUT2D eigenvalue weighted by molar-refractivity contribution is 5.97. The minimum absolute atomic E-state index is 0.254. The van der Waals surface area contributed by atoms with Crippen LogP contribution in [-0.2, 0) is 4.79 Å². The van der Waals surface area contributed by atoms with E-state index in [1.54, 1.807) is 37.3 Å². The van der Waals surface area contributed by atoms with Crippen molar-refractivity contribution in [1.82, 2.24) is 5.32 Å². The van der Waals surface area contributed by atoms with Crippen molar-refractivity contribution >= 4 is 5.91 Å². The predicted molar refractivity (Wildman–Crippen MR) is 78.9 cm³/mol. The first-order chi connectivity index (χ1) is 9.08. The zero-order chi connectivity index (χ0) is 14.7. The predicted octanol–water partition coefficient (Wildman–Crippen LogP) is 3.33. The zero-order valence-electron chi connectivity index (χ0n) is 11.3. The SMILES string of the molecule is C=C/C=C(\C=C/C)NC(=O)C(/C=C\C(=C)C#N)=C/C. The minimum atomic E-state index is -0.254. The van der Waals surface area contributed by atoms with Gasteiger partial charge in [-0.2, -0.15) is 5.26 Å². The van der Waals surface area contributed by atoms with Gasteiger partial charge in [0.25, 0.3) is 5.91 Å². The van der Waals surface area contributed by atoms with Crippen LogP contribution < -0.4 is 5.32 Å². The molecule has 1 N–H and O–H groups in total. The lowest BCUT2D eigenvalue weighted by molar-refractivity contribution is -0.116. The number of rotatable bonds is 6. The average Bonchev–Trinajstić information content (AvgIpc) is 2.39. The molecule has 0 saturated carbocycles. The number of nitrogens with one attached hydrogen (secondary N) is 1. The molecule has 0 atom stereocenters. The Bertz CT molecular complexity index is 511. The molecule has 0 unspecified atom stereocenters. The Hall–Kier alpha value is -2.60. The summed E-state index contributed by atoms with van der Waals surface area (Å²) in [6.45, 7) is 10.7. The summed E-state index contributed by atoms with van der Waals surface area (Å²) >= 11 is 0. The van der Waals surface area contributed by atoms with Gasteiger partial charge in [-0.1, -0.05) is 31.4 Å². The number of carbonyl (C=O) groups excluding carboxylic acids is 1. The third-order valence-electron chi connectivity index (χ3n) is 2.08.